The van der Waals surface area contributed by atoms with Gasteiger partial charge in [-0.2, -0.15) is 0 Å². The molecule has 95 valence electrons. The number of ether oxygens (including phenoxy) is 1. The molecule has 7 nitrogen and oxygen atoms in total. The van der Waals surface area contributed by atoms with Crippen LogP contribution in [0.1, 0.15) is 12.5 Å². The fourth-order valence-electron chi connectivity index (χ4n) is 1.09. The smallest absolute Gasteiger partial charge is 0.369 e. The topological polar surface area (TPSA) is 106 Å². The summed E-state index contributed by atoms with van der Waals surface area (Å²) in [5, 5.41) is 20.8. The maximum absolute atomic E-state index is 11.2. The van der Waals surface area contributed by atoms with Crippen molar-refractivity contribution in [3.8, 4) is 0 Å². The number of hydrogen-bond acceptors (Lipinski definition) is 5. The first-order valence-electron chi connectivity index (χ1n) is 5.02. The maximum Gasteiger partial charge on any atom is 0.369 e. The van der Waals surface area contributed by atoms with Crippen molar-refractivity contribution in [2.45, 2.75) is 13.5 Å². The molecule has 0 saturated carbocycles. The van der Waals surface area contributed by atoms with Crippen molar-refractivity contribution >= 4 is 17.6 Å². The van der Waals surface area contributed by atoms with Crippen LogP contribution in [-0.4, -0.2) is 16.9 Å². The molecule has 0 amide bonds. The SMILES string of the molecule is CC(C([O])=O)C(=O)OCc1ccc([N+](=O)[O-])cc1. The van der Waals surface area contributed by atoms with E-state index in [0.29, 0.717) is 5.56 Å². The first kappa shape index (κ1) is 13.6. The third-order valence-corrected chi connectivity index (χ3v) is 2.24. The molecular formula is C11H10NO6. The molecule has 0 aliphatic heterocycles. The Bertz CT molecular complexity index is 467. The largest absolute Gasteiger partial charge is 0.460 e. The number of benzene rings is 1. The van der Waals surface area contributed by atoms with Gasteiger partial charge in [0.2, 0.25) is 0 Å². The molecule has 1 atom stereocenters. The first-order chi connectivity index (χ1) is 8.41. The molecule has 0 bridgehead atoms. The number of esters is 1. The van der Waals surface area contributed by atoms with E-state index in [1.54, 1.807) is 0 Å². The van der Waals surface area contributed by atoms with Crippen molar-refractivity contribution in [3.05, 3.63) is 39.9 Å². The van der Waals surface area contributed by atoms with Crippen LogP contribution in [0.5, 0.6) is 0 Å². The van der Waals surface area contributed by atoms with E-state index in [1.807, 2.05) is 0 Å². The Morgan fingerprint density at radius 3 is 2.33 bits per heavy atom. The second-order valence-electron chi connectivity index (χ2n) is 3.57. The summed E-state index contributed by atoms with van der Waals surface area (Å²) < 4.78 is 4.72. The van der Waals surface area contributed by atoms with Gasteiger partial charge in [0, 0.05) is 12.1 Å². The Labute approximate surface area is 102 Å². The van der Waals surface area contributed by atoms with Gasteiger partial charge < -0.3 is 4.74 Å². The fourth-order valence-corrected chi connectivity index (χ4v) is 1.09. The number of carbonyl (C=O) groups is 2. The van der Waals surface area contributed by atoms with Gasteiger partial charge in [0.05, 0.1) is 4.92 Å². The summed E-state index contributed by atoms with van der Waals surface area (Å²) in [6.07, 6.45) is 0. The van der Waals surface area contributed by atoms with Crippen LogP contribution >= 0.6 is 0 Å². The Morgan fingerprint density at radius 2 is 1.89 bits per heavy atom. The number of nitro groups is 1. The molecular weight excluding hydrogens is 242 g/mol. The summed E-state index contributed by atoms with van der Waals surface area (Å²) in [5.74, 6) is -3.76. The van der Waals surface area contributed by atoms with E-state index >= 15 is 0 Å². The minimum absolute atomic E-state index is 0.0758. The average molecular weight is 252 g/mol. The van der Waals surface area contributed by atoms with Gasteiger partial charge in [0.1, 0.15) is 6.61 Å². The van der Waals surface area contributed by atoms with E-state index in [4.69, 9.17) is 4.74 Å². The van der Waals surface area contributed by atoms with Crippen LogP contribution in [0, 0.1) is 16.0 Å². The van der Waals surface area contributed by atoms with Crippen LogP contribution in [0.4, 0.5) is 5.69 Å². The molecule has 1 aromatic rings. The number of carbonyl (C=O) groups excluding carboxylic acids is 2. The zero-order valence-corrected chi connectivity index (χ0v) is 9.49. The summed E-state index contributed by atoms with van der Waals surface area (Å²) in [6, 6.07) is 5.39. The summed E-state index contributed by atoms with van der Waals surface area (Å²) in [6.45, 7) is 1.02. The van der Waals surface area contributed by atoms with Gasteiger partial charge in [0.25, 0.3) is 5.69 Å². The van der Waals surface area contributed by atoms with Crippen molar-refractivity contribution < 1.29 is 24.4 Å². The van der Waals surface area contributed by atoms with Crippen LogP contribution < -0.4 is 0 Å². The molecule has 0 aliphatic carbocycles. The maximum atomic E-state index is 11.2. The minimum Gasteiger partial charge on any atom is -0.460 e. The number of hydrogen-bond donors (Lipinski definition) is 0. The monoisotopic (exact) mass is 252 g/mol. The number of rotatable bonds is 5. The highest BCUT2D eigenvalue weighted by Crippen LogP contribution is 2.13. The quantitative estimate of drug-likeness (QED) is 0.339. The fraction of sp³-hybridized carbons (Fsp3) is 0.273. The van der Waals surface area contributed by atoms with Crippen LogP contribution in [0.3, 0.4) is 0 Å². The summed E-state index contributed by atoms with van der Waals surface area (Å²) >= 11 is 0. The Balaban J connectivity index is 2.56. The van der Waals surface area contributed by atoms with Gasteiger partial charge in [-0.3, -0.25) is 14.9 Å². The van der Waals surface area contributed by atoms with E-state index in [0.717, 1.165) is 6.92 Å². The standard InChI is InChI=1S/C11H10NO6/c1-7(10(13)14)11(15)18-6-8-2-4-9(5-3-8)12(16)17/h2-5,7H,6H2,1H3. The molecule has 1 aromatic carbocycles. The average Bonchev–Trinajstić information content (AvgIpc) is 2.35. The van der Waals surface area contributed by atoms with Gasteiger partial charge in [-0.15, -0.1) is 0 Å². The van der Waals surface area contributed by atoms with Crippen LogP contribution in [-0.2, 0) is 26.0 Å². The third kappa shape index (κ3) is 3.55. The van der Waals surface area contributed by atoms with Crippen molar-refractivity contribution in [2.24, 2.45) is 5.92 Å². The summed E-state index contributed by atoms with van der Waals surface area (Å²) in [7, 11) is 0. The van der Waals surface area contributed by atoms with E-state index in [9.17, 15) is 24.8 Å². The van der Waals surface area contributed by atoms with Crippen LogP contribution in [0.15, 0.2) is 24.3 Å². The molecule has 0 spiro atoms. The van der Waals surface area contributed by atoms with E-state index in [-0.39, 0.29) is 12.3 Å². The lowest BCUT2D eigenvalue weighted by Gasteiger charge is -2.06. The predicted molar refractivity (Wildman–Crippen MR) is 57.7 cm³/mol. The Morgan fingerprint density at radius 1 is 1.33 bits per heavy atom. The highest BCUT2D eigenvalue weighted by Gasteiger charge is 2.23. The Hall–Kier alpha value is -2.44. The lowest BCUT2D eigenvalue weighted by Crippen LogP contribution is -2.21. The van der Waals surface area contributed by atoms with Crippen molar-refractivity contribution in [3.63, 3.8) is 0 Å². The van der Waals surface area contributed by atoms with E-state index in [2.05, 4.69) is 0 Å². The Kier molecular flexibility index (Phi) is 4.36. The molecule has 7 heteroatoms. The highest BCUT2D eigenvalue weighted by molar-refractivity contribution is 5.93. The van der Waals surface area contributed by atoms with Gasteiger partial charge in [-0.25, -0.2) is 9.90 Å². The molecule has 0 fully saturated rings. The van der Waals surface area contributed by atoms with Crippen molar-refractivity contribution in [1.82, 2.24) is 0 Å². The zero-order valence-electron chi connectivity index (χ0n) is 9.49. The van der Waals surface area contributed by atoms with E-state index in [1.165, 1.54) is 24.3 Å². The molecule has 0 N–H and O–H groups in total. The molecule has 0 aromatic heterocycles. The molecule has 1 unspecified atom stereocenters. The van der Waals surface area contributed by atoms with Crippen LogP contribution in [0.25, 0.3) is 0 Å². The predicted octanol–water partition coefficient (Wildman–Crippen LogP) is 1.23. The van der Waals surface area contributed by atoms with Crippen molar-refractivity contribution in [2.75, 3.05) is 0 Å². The second-order valence-corrected chi connectivity index (χ2v) is 3.57. The molecule has 0 heterocycles. The minimum atomic E-state index is -1.51. The van der Waals surface area contributed by atoms with E-state index < -0.39 is 22.8 Å². The number of nitro benzene ring substituents is 1. The summed E-state index contributed by atoms with van der Waals surface area (Å²) in [4.78, 5) is 31.4. The highest BCUT2D eigenvalue weighted by atomic mass is 16.6. The lowest BCUT2D eigenvalue weighted by molar-refractivity contribution is -0.384. The molecule has 18 heavy (non-hydrogen) atoms. The molecule has 1 rings (SSSR count). The first-order valence-corrected chi connectivity index (χ1v) is 5.02. The van der Waals surface area contributed by atoms with Gasteiger partial charge in [-0.1, -0.05) is 0 Å². The van der Waals surface area contributed by atoms with Gasteiger partial charge >= 0.3 is 11.9 Å². The third-order valence-electron chi connectivity index (χ3n) is 2.24. The zero-order chi connectivity index (χ0) is 13.7. The molecule has 1 radical (unpaired) electrons. The lowest BCUT2D eigenvalue weighted by atomic mass is 10.2. The molecule has 0 aliphatic rings. The number of nitrogens with zero attached hydrogens (tertiary/aromatic N) is 1. The summed E-state index contributed by atoms with van der Waals surface area (Å²) in [5.41, 5.74) is 0.452. The molecule has 0 saturated heterocycles. The van der Waals surface area contributed by atoms with Crippen molar-refractivity contribution in [1.29, 1.82) is 0 Å². The van der Waals surface area contributed by atoms with Gasteiger partial charge in [0.15, 0.2) is 5.92 Å². The normalized spacial score (nSPS) is 11.6. The number of non-ortho nitro benzene ring substituents is 1. The van der Waals surface area contributed by atoms with Crippen LogP contribution in [0.2, 0.25) is 0 Å². The van der Waals surface area contributed by atoms with Gasteiger partial charge in [-0.05, 0) is 24.6 Å². The second kappa shape index (κ2) is 5.76.